The number of hydrogen-bond acceptors (Lipinski definition) is 4. The molecule has 2 heterocycles. The zero-order valence-electron chi connectivity index (χ0n) is 10.1. The van der Waals surface area contributed by atoms with E-state index in [1.165, 1.54) is 7.05 Å². The Bertz CT molecular complexity index is 709. The van der Waals surface area contributed by atoms with E-state index >= 15 is 0 Å². The zero-order valence-corrected chi connectivity index (χ0v) is 12.3. The lowest BCUT2D eigenvalue weighted by Gasteiger charge is -2.12. The minimum absolute atomic E-state index is 0.136. The Balaban J connectivity index is 2.18. The minimum atomic E-state index is -0.581. The molecular formula is C12H11IN4O2. The van der Waals surface area contributed by atoms with E-state index in [1.807, 2.05) is 18.2 Å². The molecule has 2 aromatic rings. The van der Waals surface area contributed by atoms with Crippen LogP contribution in [-0.2, 0) is 9.59 Å². The van der Waals surface area contributed by atoms with Crippen molar-refractivity contribution in [2.24, 2.45) is 0 Å². The Morgan fingerprint density at radius 2 is 2.16 bits per heavy atom. The number of benzene rings is 1. The van der Waals surface area contributed by atoms with Crippen molar-refractivity contribution in [3.63, 3.8) is 0 Å². The van der Waals surface area contributed by atoms with Gasteiger partial charge >= 0.3 is 0 Å². The Kier molecular flexibility index (Phi) is 2.73. The predicted octanol–water partition coefficient (Wildman–Crippen LogP) is 1.15. The second kappa shape index (κ2) is 4.19. The highest BCUT2D eigenvalue weighted by molar-refractivity contribution is 14.1. The van der Waals surface area contributed by atoms with Crippen LogP contribution >= 0.6 is 22.6 Å². The van der Waals surface area contributed by atoms with Gasteiger partial charge in [0.25, 0.3) is 5.91 Å². The van der Waals surface area contributed by atoms with Crippen LogP contribution in [0.5, 0.6) is 0 Å². The second-order valence-electron chi connectivity index (χ2n) is 4.48. The number of carbonyl (C=O) groups excluding carboxylic acids is 2. The molecule has 2 N–H and O–H groups in total. The van der Waals surface area contributed by atoms with Gasteiger partial charge in [0.1, 0.15) is 6.04 Å². The third-order valence-corrected chi connectivity index (χ3v) is 4.02. The normalized spacial score (nSPS) is 19.7. The van der Waals surface area contributed by atoms with Crippen molar-refractivity contribution in [2.45, 2.75) is 12.5 Å². The van der Waals surface area contributed by atoms with E-state index in [4.69, 9.17) is 5.73 Å². The maximum atomic E-state index is 12.1. The Morgan fingerprint density at radius 3 is 2.79 bits per heavy atom. The van der Waals surface area contributed by atoms with Crippen LogP contribution in [0.1, 0.15) is 12.5 Å². The van der Waals surface area contributed by atoms with Crippen molar-refractivity contribution in [3.8, 4) is 0 Å². The molecule has 0 spiro atoms. The smallest absolute Gasteiger partial charge is 0.252 e. The molecule has 1 aliphatic heterocycles. The van der Waals surface area contributed by atoms with Gasteiger partial charge in [-0.2, -0.15) is 0 Å². The topological polar surface area (TPSA) is 81.2 Å². The summed E-state index contributed by atoms with van der Waals surface area (Å²) in [6.07, 6.45) is 0.136. The number of hydrogen-bond donors (Lipinski definition) is 1. The molecule has 1 saturated heterocycles. The fourth-order valence-corrected chi connectivity index (χ4v) is 2.83. The standard InChI is InChI=1S/C12H11IN4O2/c1-16-10(18)5-9(11(16)19)17-8-3-2-6(13)4-7(8)15-12(17)14/h2-4,9H,5H2,1H3,(H2,14,15). The first-order valence-corrected chi connectivity index (χ1v) is 6.80. The van der Waals surface area contributed by atoms with Gasteiger partial charge in [-0.1, -0.05) is 0 Å². The molecule has 0 bridgehead atoms. The number of halogens is 1. The number of nitrogen functional groups attached to an aromatic ring is 1. The number of carbonyl (C=O) groups is 2. The summed E-state index contributed by atoms with van der Waals surface area (Å²) in [6.45, 7) is 0. The molecule has 6 nitrogen and oxygen atoms in total. The van der Waals surface area contributed by atoms with Gasteiger partial charge < -0.3 is 5.73 Å². The molecule has 98 valence electrons. The van der Waals surface area contributed by atoms with Crippen LogP contribution in [0.3, 0.4) is 0 Å². The number of imide groups is 1. The lowest BCUT2D eigenvalue weighted by molar-refractivity contribution is -0.137. The van der Waals surface area contributed by atoms with E-state index in [0.29, 0.717) is 0 Å². The van der Waals surface area contributed by atoms with Crippen molar-refractivity contribution in [3.05, 3.63) is 21.8 Å². The summed E-state index contributed by atoms with van der Waals surface area (Å²) >= 11 is 2.19. The Labute approximate surface area is 122 Å². The summed E-state index contributed by atoms with van der Waals surface area (Å²) in [7, 11) is 1.49. The van der Waals surface area contributed by atoms with Gasteiger partial charge in [0.15, 0.2) is 0 Å². The maximum absolute atomic E-state index is 12.1. The summed E-state index contributed by atoms with van der Waals surface area (Å²) in [6, 6.07) is 5.11. The van der Waals surface area contributed by atoms with Gasteiger partial charge in [0, 0.05) is 10.6 Å². The highest BCUT2D eigenvalue weighted by atomic mass is 127. The largest absolute Gasteiger partial charge is 0.369 e. The number of imidazole rings is 1. The lowest BCUT2D eigenvalue weighted by atomic mass is 10.2. The molecule has 1 fully saturated rings. The molecule has 1 aromatic carbocycles. The van der Waals surface area contributed by atoms with Gasteiger partial charge in [-0.05, 0) is 40.8 Å². The van der Waals surface area contributed by atoms with E-state index < -0.39 is 6.04 Å². The number of nitrogens with two attached hydrogens (primary N) is 1. The second-order valence-corrected chi connectivity index (χ2v) is 5.73. The van der Waals surface area contributed by atoms with Crippen LogP contribution in [-0.4, -0.2) is 33.3 Å². The average molecular weight is 370 g/mol. The fourth-order valence-electron chi connectivity index (χ4n) is 2.36. The molecule has 0 aliphatic carbocycles. The molecule has 0 saturated carbocycles. The average Bonchev–Trinajstić information content (AvgIpc) is 2.80. The van der Waals surface area contributed by atoms with Crippen molar-refractivity contribution >= 4 is 51.4 Å². The summed E-state index contributed by atoms with van der Waals surface area (Å²) in [4.78, 5) is 29.1. The third-order valence-electron chi connectivity index (χ3n) is 3.35. The van der Waals surface area contributed by atoms with E-state index in [-0.39, 0.29) is 24.2 Å². The number of aromatic nitrogens is 2. The zero-order chi connectivity index (χ0) is 13.7. The number of likely N-dealkylation sites (tertiary alicyclic amines) is 1. The summed E-state index contributed by atoms with van der Waals surface area (Å²) in [5, 5.41) is 0. The van der Waals surface area contributed by atoms with Crippen LogP contribution in [0.2, 0.25) is 0 Å². The molecule has 1 unspecified atom stereocenters. The van der Waals surface area contributed by atoms with Crippen molar-refractivity contribution in [1.82, 2.24) is 14.5 Å². The molecule has 2 amide bonds. The molecule has 1 aliphatic rings. The van der Waals surface area contributed by atoms with E-state index in [9.17, 15) is 9.59 Å². The van der Waals surface area contributed by atoms with Gasteiger partial charge in [-0.25, -0.2) is 4.98 Å². The molecule has 3 rings (SSSR count). The Morgan fingerprint density at radius 1 is 1.42 bits per heavy atom. The van der Waals surface area contributed by atoms with Crippen LogP contribution < -0.4 is 5.73 Å². The number of amides is 2. The molecule has 1 aromatic heterocycles. The lowest BCUT2D eigenvalue weighted by Crippen LogP contribution is -2.27. The van der Waals surface area contributed by atoms with E-state index in [0.717, 1.165) is 19.5 Å². The monoisotopic (exact) mass is 370 g/mol. The number of nitrogens with zero attached hydrogens (tertiary/aromatic N) is 3. The molecule has 7 heteroatoms. The molecular weight excluding hydrogens is 359 g/mol. The highest BCUT2D eigenvalue weighted by Crippen LogP contribution is 2.30. The van der Waals surface area contributed by atoms with Crippen LogP contribution in [0, 0.1) is 3.57 Å². The van der Waals surface area contributed by atoms with Gasteiger partial charge in [0.2, 0.25) is 11.9 Å². The van der Waals surface area contributed by atoms with Crippen molar-refractivity contribution in [2.75, 3.05) is 12.8 Å². The Hall–Kier alpha value is -1.64. The summed E-state index contributed by atoms with van der Waals surface area (Å²) in [5.74, 6) is -0.172. The van der Waals surface area contributed by atoms with Gasteiger partial charge in [0.05, 0.1) is 17.5 Å². The quantitative estimate of drug-likeness (QED) is 0.603. The third kappa shape index (κ3) is 1.79. The van der Waals surface area contributed by atoms with Crippen molar-refractivity contribution in [1.29, 1.82) is 0 Å². The van der Waals surface area contributed by atoms with E-state index in [2.05, 4.69) is 27.6 Å². The van der Waals surface area contributed by atoms with Gasteiger partial charge in [-0.3, -0.25) is 19.1 Å². The number of fused-ring (bicyclic) bond motifs is 1. The number of likely N-dealkylation sites (N-methyl/N-ethyl adjacent to an activating group) is 1. The van der Waals surface area contributed by atoms with Crippen LogP contribution in [0.4, 0.5) is 5.95 Å². The first kappa shape index (κ1) is 12.4. The van der Waals surface area contributed by atoms with Crippen LogP contribution in [0.25, 0.3) is 11.0 Å². The van der Waals surface area contributed by atoms with Crippen LogP contribution in [0.15, 0.2) is 18.2 Å². The minimum Gasteiger partial charge on any atom is -0.369 e. The summed E-state index contributed by atoms with van der Waals surface area (Å²) in [5.41, 5.74) is 7.42. The molecule has 19 heavy (non-hydrogen) atoms. The number of anilines is 1. The first-order valence-electron chi connectivity index (χ1n) is 5.72. The number of rotatable bonds is 1. The van der Waals surface area contributed by atoms with E-state index in [1.54, 1.807) is 4.57 Å². The highest BCUT2D eigenvalue weighted by Gasteiger charge is 2.38. The molecule has 0 radical (unpaired) electrons. The van der Waals surface area contributed by atoms with Gasteiger partial charge in [-0.15, -0.1) is 0 Å². The maximum Gasteiger partial charge on any atom is 0.252 e. The summed E-state index contributed by atoms with van der Waals surface area (Å²) < 4.78 is 2.69. The predicted molar refractivity (Wildman–Crippen MR) is 78.3 cm³/mol. The molecule has 1 atom stereocenters. The fraction of sp³-hybridized carbons (Fsp3) is 0.250. The first-order chi connectivity index (χ1) is 8.99. The van der Waals surface area contributed by atoms with Crippen molar-refractivity contribution < 1.29 is 9.59 Å². The SMILES string of the molecule is CN1C(=O)CC(n2c(N)nc3cc(I)ccc32)C1=O.